The van der Waals surface area contributed by atoms with Crippen LogP contribution < -0.4 is 4.74 Å². The average molecular weight is 318 g/mol. The third-order valence-corrected chi connectivity index (χ3v) is 5.19. The van der Waals surface area contributed by atoms with E-state index >= 15 is 0 Å². The molecule has 0 saturated heterocycles. The zero-order valence-corrected chi connectivity index (χ0v) is 13.5. The number of benzene rings is 5. The number of hydrogen-bond acceptors (Lipinski definition) is 1. The molecule has 0 fully saturated rings. The van der Waals surface area contributed by atoms with Gasteiger partial charge in [-0.25, -0.2) is 0 Å². The molecule has 0 saturated carbocycles. The Labute approximate surface area is 145 Å². The van der Waals surface area contributed by atoms with E-state index in [4.69, 9.17) is 4.74 Å². The summed E-state index contributed by atoms with van der Waals surface area (Å²) >= 11 is 0. The lowest BCUT2D eigenvalue weighted by Gasteiger charge is -2.22. The molecule has 0 radical (unpaired) electrons. The molecule has 0 spiro atoms. The molecular formula is C24H14O. The Bertz CT molecular complexity index is 1300. The Balaban J connectivity index is 1.78. The molecule has 0 unspecified atom stereocenters. The van der Waals surface area contributed by atoms with Crippen molar-refractivity contribution in [3.63, 3.8) is 0 Å². The van der Waals surface area contributed by atoms with Gasteiger partial charge >= 0.3 is 0 Å². The zero-order valence-electron chi connectivity index (χ0n) is 13.5. The number of rotatable bonds is 1. The van der Waals surface area contributed by atoms with Crippen molar-refractivity contribution in [2.24, 2.45) is 0 Å². The van der Waals surface area contributed by atoms with Gasteiger partial charge in [0.2, 0.25) is 0 Å². The third-order valence-electron chi connectivity index (χ3n) is 5.19. The van der Waals surface area contributed by atoms with E-state index in [2.05, 4.69) is 66.7 Å². The Morgan fingerprint density at radius 1 is 0.560 bits per heavy atom. The fraction of sp³-hybridized carbons (Fsp3) is 0. The monoisotopic (exact) mass is 318 g/mol. The molecule has 1 nitrogen and oxygen atoms in total. The molecule has 0 atom stereocenters. The van der Waals surface area contributed by atoms with Crippen LogP contribution in [0.2, 0.25) is 0 Å². The molecule has 1 heterocycles. The van der Waals surface area contributed by atoms with Gasteiger partial charge in [-0.2, -0.15) is 0 Å². The van der Waals surface area contributed by atoms with Gasteiger partial charge in [-0.15, -0.1) is 0 Å². The molecule has 6 rings (SSSR count). The lowest BCUT2D eigenvalue weighted by Crippen LogP contribution is -2.01. The van der Waals surface area contributed by atoms with Crippen LogP contribution in [0.1, 0.15) is 11.1 Å². The second-order valence-electron chi connectivity index (χ2n) is 6.62. The largest absolute Gasteiger partial charge is 0.456 e. The topological polar surface area (TPSA) is 9.23 Å². The molecule has 5 aromatic carbocycles. The fourth-order valence-electron chi connectivity index (χ4n) is 4.08. The first-order chi connectivity index (χ1) is 12.4. The van der Waals surface area contributed by atoms with Crippen molar-refractivity contribution in [3.05, 3.63) is 90.0 Å². The number of hydrogen-bond donors (Lipinski definition) is 0. The summed E-state index contributed by atoms with van der Waals surface area (Å²) in [5, 5.41) is 7.71. The van der Waals surface area contributed by atoms with E-state index in [1.807, 2.05) is 18.2 Å². The second kappa shape index (κ2) is 4.61. The van der Waals surface area contributed by atoms with Crippen LogP contribution in [0, 0.1) is 0 Å². The Hall–Kier alpha value is -3.32. The predicted octanol–water partition coefficient (Wildman–Crippen LogP) is 6.47. The maximum atomic E-state index is 6.29. The van der Waals surface area contributed by atoms with Crippen LogP contribution in [-0.4, -0.2) is 0 Å². The minimum absolute atomic E-state index is 0.908. The molecule has 5 aromatic rings. The van der Waals surface area contributed by atoms with Crippen LogP contribution >= 0.6 is 0 Å². The fourth-order valence-corrected chi connectivity index (χ4v) is 4.08. The van der Waals surface area contributed by atoms with E-state index in [0.717, 1.165) is 17.1 Å². The second-order valence-corrected chi connectivity index (χ2v) is 6.62. The van der Waals surface area contributed by atoms with Gasteiger partial charge in [-0.3, -0.25) is 0 Å². The maximum absolute atomic E-state index is 6.29. The molecular weight excluding hydrogens is 304 g/mol. The summed E-state index contributed by atoms with van der Waals surface area (Å²) in [5.74, 6) is 1.85. The van der Waals surface area contributed by atoms with Crippen molar-refractivity contribution in [1.29, 1.82) is 0 Å². The maximum Gasteiger partial charge on any atom is 0.135 e. The lowest BCUT2D eigenvalue weighted by atomic mass is 9.89. The van der Waals surface area contributed by atoms with Gasteiger partial charge in [0.1, 0.15) is 11.5 Å². The highest BCUT2D eigenvalue weighted by Gasteiger charge is 2.20. The summed E-state index contributed by atoms with van der Waals surface area (Å²) in [6.07, 6.45) is 2.17. The lowest BCUT2D eigenvalue weighted by molar-refractivity contribution is 0.522. The smallest absolute Gasteiger partial charge is 0.135 e. The standard InChI is InChI=1S/C24H14O/c1-2-5-15(6-3-1)21-14-19-13-18-8-4-7-16-9-10-17-11-12-20(25-21)23(19)24(17)22(16)18/h1-14H. The first-order valence-electron chi connectivity index (χ1n) is 8.54. The quantitative estimate of drug-likeness (QED) is 0.322. The highest BCUT2D eigenvalue weighted by molar-refractivity contribution is 6.26. The summed E-state index contributed by atoms with van der Waals surface area (Å²) in [6.45, 7) is 0. The summed E-state index contributed by atoms with van der Waals surface area (Å²) in [6, 6.07) is 27.8. The van der Waals surface area contributed by atoms with Gasteiger partial charge in [0.05, 0.1) is 0 Å². The van der Waals surface area contributed by atoms with Crippen molar-refractivity contribution in [2.75, 3.05) is 0 Å². The molecule has 25 heavy (non-hydrogen) atoms. The third kappa shape index (κ3) is 1.72. The van der Waals surface area contributed by atoms with Gasteiger partial charge in [0, 0.05) is 16.3 Å². The Morgan fingerprint density at radius 3 is 2.20 bits per heavy atom. The van der Waals surface area contributed by atoms with Gasteiger partial charge in [-0.1, -0.05) is 66.7 Å². The highest BCUT2D eigenvalue weighted by Crippen LogP contribution is 2.44. The van der Waals surface area contributed by atoms with Gasteiger partial charge < -0.3 is 4.74 Å². The van der Waals surface area contributed by atoms with Crippen LogP contribution in [-0.2, 0) is 0 Å². The molecule has 0 aliphatic carbocycles. The van der Waals surface area contributed by atoms with Crippen molar-refractivity contribution in [1.82, 2.24) is 0 Å². The van der Waals surface area contributed by atoms with E-state index in [1.165, 1.54) is 37.9 Å². The molecule has 0 amide bonds. The zero-order chi connectivity index (χ0) is 16.4. The minimum Gasteiger partial charge on any atom is -0.456 e. The normalized spacial score (nSPS) is 13.4. The molecule has 0 aromatic heterocycles. The molecule has 1 aliphatic rings. The molecule has 0 bridgehead atoms. The van der Waals surface area contributed by atoms with Crippen molar-refractivity contribution in [2.45, 2.75) is 0 Å². The molecule has 0 N–H and O–H groups in total. The number of ether oxygens (including phenoxy) is 1. The van der Waals surface area contributed by atoms with E-state index in [9.17, 15) is 0 Å². The molecule has 1 aliphatic heterocycles. The Morgan fingerprint density at radius 2 is 1.32 bits per heavy atom. The minimum atomic E-state index is 0.908. The summed E-state index contributed by atoms with van der Waals surface area (Å²) in [4.78, 5) is 0. The van der Waals surface area contributed by atoms with E-state index < -0.39 is 0 Å². The van der Waals surface area contributed by atoms with Crippen molar-refractivity contribution >= 4 is 44.2 Å². The van der Waals surface area contributed by atoms with E-state index in [0.29, 0.717) is 0 Å². The first-order valence-corrected chi connectivity index (χ1v) is 8.54. The van der Waals surface area contributed by atoms with Crippen LogP contribution in [0.15, 0.2) is 78.9 Å². The van der Waals surface area contributed by atoms with Crippen LogP contribution in [0.4, 0.5) is 0 Å². The van der Waals surface area contributed by atoms with Gasteiger partial charge in [0.25, 0.3) is 0 Å². The van der Waals surface area contributed by atoms with Crippen LogP contribution in [0.5, 0.6) is 5.75 Å². The van der Waals surface area contributed by atoms with Crippen molar-refractivity contribution in [3.8, 4) is 5.75 Å². The first kappa shape index (κ1) is 13.0. The Kier molecular flexibility index (Phi) is 2.40. The SMILES string of the molecule is C1=C(c2ccccc2)Oc2ccc3ccc4cccc5cc1c2c3c45. The summed E-state index contributed by atoms with van der Waals surface area (Å²) in [5.41, 5.74) is 2.34. The highest BCUT2D eigenvalue weighted by atomic mass is 16.5. The van der Waals surface area contributed by atoms with Crippen molar-refractivity contribution < 1.29 is 4.74 Å². The van der Waals surface area contributed by atoms with Gasteiger partial charge in [0.15, 0.2) is 0 Å². The van der Waals surface area contributed by atoms with E-state index in [1.54, 1.807) is 0 Å². The predicted molar refractivity (Wildman–Crippen MR) is 105 cm³/mol. The summed E-state index contributed by atoms with van der Waals surface area (Å²) in [7, 11) is 0. The average Bonchev–Trinajstić information content (AvgIpc) is 2.68. The van der Waals surface area contributed by atoms with Crippen LogP contribution in [0.3, 0.4) is 0 Å². The molecule has 1 heteroatoms. The van der Waals surface area contributed by atoms with Crippen LogP contribution in [0.25, 0.3) is 44.2 Å². The van der Waals surface area contributed by atoms with Gasteiger partial charge in [-0.05, 0) is 45.3 Å². The summed E-state index contributed by atoms with van der Waals surface area (Å²) < 4.78 is 6.29. The van der Waals surface area contributed by atoms with E-state index in [-0.39, 0.29) is 0 Å². The molecule has 116 valence electrons.